The van der Waals surface area contributed by atoms with Crippen LogP contribution in [0.1, 0.15) is 49.7 Å². The van der Waals surface area contributed by atoms with Crippen molar-refractivity contribution in [2.24, 2.45) is 5.41 Å². The molecule has 2 heterocycles. The maximum Gasteiger partial charge on any atom is 0.321 e. The number of carbonyl (C=O) groups excluding carboxylic acids is 2. The molecule has 29 heavy (non-hydrogen) atoms. The number of Topliss-reactive ketones (excluding diaryl/α,β-unsaturated/α-hetero) is 2. The summed E-state index contributed by atoms with van der Waals surface area (Å²) in [7, 11) is 0. The van der Waals surface area contributed by atoms with Crippen molar-refractivity contribution in [3.05, 3.63) is 46.7 Å². The number of aromatic nitrogens is 2. The molecule has 0 radical (unpaired) electrons. The first kappa shape index (κ1) is 20.0. The number of hydrogen-bond acceptors (Lipinski definition) is 6. The van der Waals surface area contributed by atoms with Crippen molar-refractivity contribution in [2.75, 3.05) is 13.2 Å². The average Bonchev–Trinajstić information content (AvgIpc) is 2.70. The predicted octanol–water partition coefficient (Wildman–Crippen LogP) is 4.30. The summed E-state index contributed by atoms with van der Waals surface area (Å²) in [6.07, 6.45) is 6.04. The molecule has 0 bridgehead atoms. The van der Waals surface area contributed by atoms with Gasteiger partial charge in [-0.15, -0.1) is 0 Å². The first-order chi connectivity index (χ1) is 14.0. The largest absolute Gasteiger partial charge is 0.424 e. The van der Waals surface area contributed by atoms with Gasteiger partial charge < -0.3 is 9.47 Å². The lowest BCUT2D eigenvalue weighted by Gasteiger charge is -2.41. The summed E-state index contributed by atoms with van der Waals surface area (Å²) in [5.74, 6) is -0.241. The molecule has 2 fully saturated rings. The second-order valence-corrected chi connectivity index (χ2v) is 8.27. The fraction of sp³-hybridized carbons (Fsp3) is 0.455. The molecule has 1 aromatic heterocycles. The molecule has 7 heteroatoms. The third-order valence-corrected chi connectivity index (χ3v) is 6.11. The molecule has 1 spiro atoms. The van der Waals surface area contributed by atoms with Gasteiger partial charge in [0.05, 0.1) is 17.4 Å². The highest BCUT2D eigenvalue weighted by Gasteiger charge is 2.46. The van der Waals surface area contributed by atoms with E-state index in [0.717, 1.165) is 30.4 Å². The van der Waals surface area contributed by atoms with Crippen LogP contribution < -0.4 is 4.74 Å². The lowest BCUT2D eigenvalue weighted by molar-refractivity contribution is -0.139. The fourth-order valence-electron chi connectivity index (χ4n) is 4.38. The van der Waals surface area contributed by atoms with E-state index in [-0.39, 0.29) is 23.0 Å². The summed E-state index contributed by atoms with van der Waals surface area (Å²) < 4.78 is 11.2. The molecule has 1 aromatic carbocycles. The summed E-state index contributed by atoms with van der Waals surface area (Å²) in [6, 6.07) is 5.64. The van der Waals surface area contributed by atoms with Crippen LogP contribution in [-0.4, -0.2) is 34.7 Å². The van der Waals surface area contributed by atoms with Crippen molar-refractivity contribution in [1.29, 1.82) is 0 Å². The molecule has 1 saturated heterocycles. The Morgan fingerprint density at radius 3 is 2.41 bits per heavy atom. The van der Waals surface area contributed by atoms with Crippen LogP contribution in [0.4, 0.5) is 0 Å². The molecule has 6 nitrogen and oxygen atoms in total. The second-order valence-electron chi connectivity index (χ2n) is 7.83. The zero-order valence-corrected chi connectivity index (χ0v) is 17.1. The molecule has 152 valence electrons. The molecular weight excluding hydrogens is 392 g/mol. The number of hydrogen-bond donors (Lipinski definition) is 0. The minimum atomic E-state index is -0.729. The maximum absolute atomic E-state index is 13.1. The SMILES string of the molecule is CCc1ccc(Oc2ncc(Cl)cn2)cc1C1C(=O)CC2(CCOCC2)CC1=O. The minimum absolute atomic E-state index is 0.00209. The van der Waals surface area contributed by atoms with Gasteiger partial charge in [0.1, 0.15) is 23.2 Å². The van der Waals surface area contributed by atoms with Gasteiger partial charge in [-0.1, -0.05) is 24.6 Å². The molecule has 4 rings (SSSR count). The molecule has 0 atom stereocenters. The first-order valence-electron chi connectivity index (χ1n) is 9.91. The topological polar surface area (TPSA) is 78.4 Å². The molecule has 1 aliphatic heterocycles. The smallest absolute Gasteiger partial charge is 0.321 e. The van der Waals surface area contributed by atoms with Crippen LogP contribution in [0.15, 0.2) is 30.6 Å². The standard InChI is InChI=1S/C22H23ClN2O4/c1-2-14-3-4-16(29-21-24-12-15(23)13-25-21)9-17(14)20-18(26)10-22(11-19(20)27)5-7-28-8-6-22/h3-4,9,12-13,20H,2,5-8,10-11H2,1H3. The molecular formula is C22H23ClN2O4. The summed E-state index contributed by atoms with van der Waals surface area (Å²) in [5, 5.41) is 0.416. The number of ether oxygens (including phenoxy) is 2. The van der Waals surface area contributed by atoms with E-state index in [9.17, 15) is 9.59 Å². The summed E-state index contributed by atoms with van der Waals surface area (Å²) in [5.41, 5.74) is 1.49. The Morgan fingerprint density at radius 1 is 1.14 bits per heavy atom. The minimum Gasteiger partial charge on any atom is -0.424 e. The van der Waals surface area contributed by atoms with E-state index in [1.165, 1.54) is 12.4 Å². The summed E-state index contributed by atoms with van der Waals surface area (Å²) in [4.78, 5) is 34.3. The Hall–Kier alpha value is -2.31. The number of benzene rings is 1. The highest BCUT2D eigenvalue weighted by Crippen LogP contribution is 2.46. The Bertz CT molecular complexity index is 903. The predicted molar refractivity (Wildman–Crippen MR) is 107 cm³/mol. The van der Waals surface area contributed by atoms with Gasteiger partial charge >= 0.3 is 6.01 Å². The van der Waals surface area contributed by atoms with E-state index >= 15 is 0 Å². The van der Waals surface area contributed by atoms with Crippen LogP contribution in [-0.2, 0) is 20.7 Å². The Balaban J connectivity index is 1.62. The van der Waals surface area contributed by atoms with Crippen LogP contribution in [0.5, 0.6) is 11.8 Å². The zero-order valence-electron chi connectivity index (χ0n) is 16.3. The van der Waals surface area contributed by atoms with Gasteiger partial charge in [0.15, 0.2) is 0 Å². The van der Waals surface area contributed by atoms with E-state index in [2.05, 4.69) is 9.97 Å². The highest BCUT2D eigenvalue weighted by molar-refractivity contribution is 6.30. The van der Waals surface area contributed by atoms with Gasteiger partial charge in [-0.2, -0.15) is 0 Å². The van der Waals surface area contributed by atoms with Crippen LogP contribution >= 0.6 is 11.6 Å². The Labute approximate surface area is 174 Å². The second kappa shape index (κ2) is 8.20. The number of carbonyl (C=O) groups is 2. The summed E-state index contributed by atoms with van der Waals surface area (Å²) >= 11 is 5.81. The molecule has 1 saturated carbocycles. The Morgan fingerprint density at radius 2 is 1.79 bits per heavy atom. The van der Waals surface area contributed by atoms with Crippen LogP contribution in [0.25, 0.3) is 0 Å². The van der Waals surface area contributed by atoms with E-state index in [4.69, 9.17) is 21.1 Å². The monoisotopic (exact) mass is 414 g/mol. The van der Waals surface area contributed by atoms with Gasteiger partial charge in [0.25, 0.3) is 0 Å². The number of rotatable bonds is 4. The van der Waals surface area contributed by atoms with Crippen molar-refractivity contribution >= 4 is 23.2 Å². The van der Waals surface area contributed by atoms with E-state index in [0.29, 0.717) is 36.8 Å². The van der Waals surface area contributed by atoms with Gasteiger partial charge in [0.2, 0.25) is 0 Å². The van der Waals surface area contributed by atoms with Crippen molar-refractivity contribution in [2.45, 2.75) is 44.9 Å². The van der Waals surface area contributed by atoms with Crippen LogP contribution in [0.3, 0.4) is 0 Å². The number of halogens is 1. The molecule has 1 aliphatic carbocycles. The van der Waals surface area contributed by atoms with Crippen LogP contribution in [0.2, 0.25) is 5.02 Å². The average molecular weight is 415 g/mol. The highest BCUT2D eigenvalue weighted by atomic mass is 35.5. The van der Waals surface area contributed by atoms with Gasteiger partial charge in [-0.3, -0.25) is 9.59 Å². The van der Waals surface area contributed by atoms with Gasteiger partial charge in [-0.05, 0) is 47.9 Å². The third-order valence-electron chi connectivity index (χ3n) is 5.91. The van der Waals surface area contributed by atoms with E-state index in [1.54, 1.807) is 12.1 Å². The maximum atomic E-state index is 13.1. The van der Waals surface area contributed by atoms with E-state index < -0.39 is 5.92 Å². The number of nitrogens with zero attached hydrogens (tertiary/aromatic N) is 2. The lowest BCUT2D eigenvalue weighted by atomic mass is 9.63. The van der Waals surface area contributed by atoms with Crippen molar-refractivity contribution in [3.8, 4) is 11.8 Å². The first-order valence-corrected chi connectivity index (χ1v) is 10.3. The molecule has 0 N–H and O–H groups in total. The normalized spacial score (nSPS) is 19.5. The fourth-order valence-corrected chi connectivity index (χ4v) is 4.47. The molecule has 0 unspecified atom stereocenters. The molecule has 2 aromatic rings. The van der Waals surface area contributed by atoms with E-state index in [1.807, 2.05) is 13.0 Å². The Kier molecular flexibility index (Phi) is 5.65. The molecule has 2 aliphatic rings. The van der Waals surface area contributed by atoms with Crippen molar-refractivity contribution in [3.63, 3.8) is 0 Å². The number of ketones is 2. The molecule has 0 amide bonds. The lowest BCUT2D eigenvalue weighted by Crippen LogP contribution is -2.42. The van der Waals surface area contributed by atoms with Gasteiger partial charge in [0, 0.05) is 26.1 Å². The quantitative estimate of drug-likeness (QED) is 0.694. The summed E-state index contributed by atoms with van der Waals surface area (Å²) in [6.45, 7) is 3.26. The van der Waals surface area contributed by atoms with Crippen molar-refractivity contribution in [1.82, 2.24) is 9.97 Å². The number of aryl methyl sites for hydroxylation is 1. The van der Waals surface area contributed by atoms with Crippen molar-refractivity contribution < 1.29 is 19.1 Å². The van der Waals surface area contributed by atoms with Gasteiger partial charge in [-0.25, -0.2) is 9.97 Å². The zero-order chi connectivity index (χ0) is 20.4. The van der Waals surface area contributed by atoms with Crippen LogP contribution in [0, 0.1) is 5.41 Å². The third kappa shape index (κ3) is 4.19.